The Hall–Kier alpha value is -1.01. The van der Waals surface area contributed by atoms with Crippen LogP contribution < -0.4 is 5.73 Å². The van der Waals surface area contributed by atoms with Crippen LogP contribution in [0.15, 0.2) is 24.3 Å². The molecule has 0 radical (unpaired) electrons. The fourth-order valence-corrected chi connectivity index (χ4v) is 2.63. The number of aliphatic hydroxyl groups is 1. The first kappa shape index (κ1) is 15.4. The van der Waals surface area contributed by atoms with Crippen molar-refractivity contribution in [1.82, 2.24) is 9.80 Å². The van der Waals surface area contributed by atoms with Crippen LogP contribution in [0.25, 0.3) is 0 Å². The van der Waals surface area contributed by atoms with Crippen LogP contribution in [0.5, 0.6) is 0 Å². The Bertz CT molecular complexity index is 408. The predicted octanol–water partition coefficient (Wildman–Crippen LogP) is 0.826. The summed E-state index contributed by atoms with van der Waals surface area (Å²) in [6.45, 7) is 5.81. The van der Waals surface area contributed by atoms with Gasteiger partial charge in [-0.25, -0.2) is 4.39 Å². The van der Waals surface area contributed by atoms with E-state index in [-0.39, 0.29) is 18.5 Å². The van der Waals surface area contributed by atoms with Crippen molar-refractivity contribution >= 4 is 0 Å². The summed E-state index contributed by atoms with van der Waals surface area (Å²) in [5.41, 5.74) is 6.68. The molecule has 1 heterocycles. The minimum Gasteiger partial charge on any atom is -0.395 e. The van der Waals surface area contributed by atoms with Gasteiger partial charge in [-0.05, 0) is 12.5 Å². The summed E-state index contributed by atoms with van der Waals surface area (Å²) in [5, 5.41) is 8.91. The number of halogens is 1. The van der Waals surface area contributed by atoms with Gasteiger partial charge in [0, 0.05) is 50.9 Å². The van der Waals surface area contributed by atoms with E-state index in [1.807, 2.05) is 6.07 Å². The molecule has 1 aliphatic heterocycles. The van der Waals surface area contributed by atoms with Gasteiger partial charge in [0.15, 0.2) is 0 Å². The van der Waals surface area contributed by atoms with Gasteiger partial charge in [0.05, 0.1) is 6.61 Å². The highest BCUT2D eigenvalue weighted by Crippen LogP contribution is 2.18. The Morgan fingerprint density at radius 2 is 1.70 bits per heavy atom. The second-order valence-corrected chi connectivity index (χ2v) is 5.32. The van der Waals surface area contributed by atoms with E-state index in [0.29, 0.717) is 5.56 Å². The summed E-state index contributed by atoms with van der Waals surface area (Å²) >= 11 is 0. The van der Waals surface area contributed by atoms with Gasteiger partial charge in [-0.2, -0.15) is 0 Å². The maximum absolute atomic E-state index is 13.6. The molecule has 3 N–H and O–H groups in total. The van der Waals surface area contributed by atoms with Gasteiger partial charge < -0.3 is 15.7 Å². The van der Waals surface area contributed by atoms with Crippen molar-refractivity contribution in [2.75, 3.05) is 45.9 Å². The second-order valence-electron chi connectivity index (χ2n) is 5.32. The Balaban J connectivity index is 1.75. The SMILES string of the molecule is NC(CCN1CCN(CCO)CC1)c1ccccc1F. The normalized spacial score (nSPS) is 19.1. The Morgan fingerprint density at radius 1 is 1.10 bits per heavy atom. The van der Waals surface area contributed by atoms with Crippen molar-refractivity contribution in [2.45, 2.75) is 12.5 Å². The zero-order valence-electron chi connectivity index (χ0n) is 11.8. The monoisotopic (exact) mass is 281 g/mol. The lowest BCUT2D eigenvalue weighted by atomic mass is 10.0. The smallest absolute Gasteiger partial charge is 0.127 e. The van der Waals surface area contributed by atoms with Crippen molar-refractivity contribution in [3.05, 3.63) is 35.6 Å². The summed E-state index contributed by atoms with van der Waals surface area (Å²) in [4.78, 5) is 4.61. The van der Waals surface area contributed by atoms with E-state index in [1.165, 1.54) is 6.07 Å². The Labute approximate surface area is 120 Å². The van der Waals surface area contributed by atoms with Crippen molar-refractivity contribution in [3.8, 4) is 0 Å². The number of nitrogens with two attached hydrogens (primary N) is 1. The molecule has 1 unspecified atom stereocenters. The molecule has 0 spiro atoms. The highest BCUT2D eigenvalue weighted by atomic mass is 19.1. The highest BCUT2D eigenvalue weighted by Gasteiger charge is 2.18. The van der Waals surface area contributed by atoms with E-state index in [4.69, 9.17) is 10.8 Å². The molecule has 0 saturated carbocycles. The second kappa shape index (κ2) is 7.69. The first-order valence-electron chi connectivity index (χ1n) is 7.26. The summed E-state index contributed by atoms with van der Waals surface area (Å²) in [6, 6.07) is 6.49. The number of hydrogen-bond donors (Lipinski definition) is 2. The molecule has 4 nitrogen and oxygen atoms in total. The van der Waals surface area contributed by atoms with Crippen LogP contribution in [0.3, 0.4) is 0 Å². The molecule has 1 aromatic rings. The predicted molar refractivity (Wildman–Crippen MR) is 77.9 cm³/mol. The lowest BCUT2D eigenvalue weighted by Gasteiger charge is -2.34. The number of aliphatic hydroxyl groups excluding tert-OH is 1. The largest absolute Gasteiger partial charge is 0.395 e. The quantitative estimate of drug-likeness (QED) is 0.811. The third-order valence-electron chi connectivity index (χ3n) is 3.94. The average molecular weight is 281 g/mol. The number of hydrogen-bond acceptors (Lipinski definition) is 4. The van der Waals surface area contributed by atoms with Crippen LogP contribution in [0, 0.1) is 5.82 Å². The molecule has 1 aromatic carbocycles. The molecule has 0 aromatic heterocycles. The summed E-state index contributed by atoms with van der Waals surface area (Å²) < 4.78 is 13.6. The van der Waals surface area contributed by atoms with E-state index in [1.54, 1.807) is 12.1 Å². The van der Waals surface area contributed by atoms with Crippen LogP contribution >= 0.6 is 0 Å². The number of nitrogens with zero attached hydrogens (tertiary/aromatic N) is 2. The van der Waals surface area contributed by atoms with Gasteiger partial charge in [0.1, 0.15) is 5.82 Å². The third-order valence-corrected chi connectivity index (χ3v) is 3.94. The summed E-state index contributed by atoms with van der Waals surface area (Å²) in [7, 11) is 0. The van der Waals surface area contributed by atoms with E-state index in [2.05, 4.69) is 9.80 Å². The van der Waals surface area contributed by atoms with Crippen LogP contribution in [0.4, 0.5) is 4.39 Å². The molecular formula is C15H24FN3O. The zero-order chi connectivity index (χ0) is 14.4. The van der Waals surface area contributed by atoms with Crippen LogP contribution in [0.2, 0.25) is 0 Å². The van der Waals surface area contributed by atoms with Gasteiger partial charge in [-0.3, -0.25) is 4.90 Å². The lowest BCUT2D eigenvalue weighted by molar-refractivity contribution is 0.110. The molecule has 0 aliphatic carbocycles. The topological polar surface area (TPSA) is 52.7 Å². The van der Waals surface area contributed by atoms with Gasteiger partial charge in [-0.15, -0.1) is 0 Å². The molecule has 112 valence electrons. The van der Waals surface area contributed by atoms with Gasteiger partial charge in [0.2, 0.25) is 0 Å². The van der Waals surface area contributed by atoms with Crippen molar-refractivity contribution < 1.29 is 9.50 Å². The lowest BCUT2D eigenvalue weighted by Crippen LogP contribution is -2.47. The summed E-state index contributed by atoms with van der Waals surface area (Å²) in [5.74, 6) is -0.215. The van der Waals surface area contributed by atoms with Gasteiger partial charge in [-0.1, -0.05) is 18.2 Å². The van der Waals surface area contributed by atoms with Crippen LogP contribution in [0.1, 0.15) is 18.0 Å². The minimum atomic E-state index is -0.244. The molecule has 5 heteroatoms. The Kier molecular flexibility index (Phi) is 5.91. The first-order chi connectivity index (χ1) is 9.70. The van der Waals surface area contributed by atoms with Gasteiger partial charge in [0.25, 0.3) is 0 Å². The fraction of sp³-hybridized carbons (Fsp3) is 0.600. The molecule has 1 aliphatic rings. The summed E-state index contributed by atoms with van der Waals surface area (Å²) in [6.07, 6.45) is 0.765. The zero-order valence-corrected chi connectivity index (χ0v) is 11.8. The molecule has 1 fully saturated rings. The maximum atomic E-state index is 13.6. The molecule has 1 saturated heterocycles. The maximum Gasteiger partial charge on any atom is 0.127 e. The molecule has 20 heavy (non-hydrogen) atoms. The fourth-order valence-electron chi connectivity index (χ4n) is 2.63. The average Bonchev–Trinajstić information content (AvgIpc) is 2.47. The first-order valence-corrected chi connectivity index (χ1v) is 7.26. The standard InChI is InChI=1S/C15H24FN3O/c16-14-4-2-1-3-13(14)15(17)5-6-18-7-9-19(10-8-18)11-12-20/h1-4,15,20H,5-12,17H2. The minimum absolute atomic E-state index is 0.215. The van der Waals surface area contributed by atoms with Crippen molar-refractivity contribution in [2.24, 2.45) is 5.73 Å². The van der Waals surface area contributed by atoms with E-state index >= 15 is 0 Å². The van der Waals surface area contributed by atoms with Gasteiger partial charge >= 0.3 is 0 Å². The number of rotatable bonds is 6. The number of piperazine rings is 1. The van der Waals surface area contributed by atoms with Crippen molar-refractivity contribution in [3.63, 3.8) is 0 Å². The molecule has 1 atom stereocenters. The molecule has 0 bridgehead atoms. The Morgan fingerprint density at radius 3 is 2.30 bits per heavy atom. The molecular weight excluding hydrogens is 257 g/mol. The highest BCUT2D eigenvalue weighted by molar-refractivity contribution is 5.20. The van der Waals surface area contributed by atoms with E-state index in [0.717, 1.165) is 45.7 Å². The third kappa shape index (κ3) is 4.24. The molecule has 0 amide bonds. The molecule has 2 rings (SSSR count). The number of β-amino-alcohol motifs (C(OH)–C–C–N with tert-alkyl or cyclic N) is 1. The van der Waals surface area contributed by atoms with Crippen LogP contribution in [-0.4, -0.2) is 60.8 Å². The van der Waals surface area contributed by atoms with E-state index < -0.39 is 0 Å². The van der Waals surface area contributed by atoms with Crippen LogP contribution in [-0.2, 0) is 0 Å². The number of benzene rings is 1. The van der Waals surface area contributed by atoms with Crippen molar-refractivity contribution in [1.29, 1.82) is 0 Å². The van der Waals surface area contributed by atoms with E-state index in [9.17, 15) is 4.39 Å².